The van der Waals surface area contributed by atoms with E-state index in [4.69, 9.17) is 9.15 Å². The Balaban J connectivity index is 1.69. The van der Waals surface area contributed by atoms with Crippen LogP contribution < -0.4 is 5.32 Å². The molecule has 0 unspecified atom stereocenters. The van der Waals surface area contributed by atoms with Crippen molar-refractivity contribution in [2.24, 2.45) is 0 Å². The van der Waals surface area contributed by atoms with Crippen molar-refractivity contribution in [3.05, 3.63) is 64.7 Å². The zero-order valence-electron chi connectivity index (χ0n) is 14.7. The van der Waals surface area contributed by atoms with Gasteiger partial charge in [0.25, 0.3) is 5.91 Å². The maximum absolute atomic E-state index is 13.8. The lowest BCUT2D eigenvalue weighted by molar-refractivity contribution is -0.119. The number of nitrogens with one attached hydrogen (secondary N) is 1. The number of benzene rings is 2. The molecule has 0 aliphatic heterocycles. The molecule has 3 aromatic rings. The molecule has 5 nitrogen and oxygen atoms in total. The van der Waals surface area contributed by atoms with Crippen LogP contribution in [0.1, 0.15) is 27.2 Å². The number of amides is 1. The van der Waals surface area contributed by atoms with E-state index in [0.29, 0.717) is 16.6 Å². The first-order valence-electron chi connectivity index (χ1n) is 8.08. The van der Waals surface area contributed by atoms with Gasteiger partial charge >= 0.3 is 5.97 Å². The number of halogens is 1. The average molecular weight is 355 g/mol. The maximum Gasteiger partial charge on any atom is 0.375 e. The number of aryl methyl sites for hydroxylation is 3. The third-order valence-corrected chi connectivity index (χ3v) is 4.10. The molecule has 1 N–H and O–H groups in total. The number of hydrogen-bond donors (Lipinski definition) is 1. The van der Waals surface area contributed by atoms with E-state index in [1.807, 2.05) is 32.0 Å². The van der Waals surface area contributed by atoms with Gasteiger partial charge < -0.3 is 14.5 Å². The van der Waals surface area contributed by atoms with Gasteiger partial charge in [-0.2, -0.15) is 0 Å². The fourth-order valence-electron chi connectivity index (χ4n) is 2.66. The molecule has 0 fully saturated rings. The summed E-state index contributed by atoms with van der Waals surface area (Å²) in [6.45, 7) is 4.95. The highest BCUT2D eigenvalue weighted by Crippen LogP contribution is 2.27. The minimum atomic E-state index is -0.811. The Morgan fingerprint density at radius 2 is 1.92 bits per heavy atom. The van der Waals surface area contributed by atoms with Crippen LogP contribution in [-0.4, -0.2) is 18.5 Å². The van der Waals surface area contributed by atoms with Gasteiger partial charge in [-0.15, -0.1) is 0 Å². The SMILES string of the molecule is Cc1ccc(C)c(NC(=O)COC(=O)c2oc3c(F)cccc3c2C)c1. The number of esters is 1. The Hall–Kier alpha value is -3.15. The van der Waals surface area contributed by atoms with Crippen LogP contribution in [0, 0.1) is 26.6 Å². The highest BCUT2D eigenvalue weighted by Gasteiger charge is 2.21. The van der Waals surface area contributed by atoms with Crippen molar-refractivity contribution < 1.29 is 23.1 Å². The Bertz CT molecular complexity index is 1010. The van der Waals surface area contributed by atoms with E-state index in [1.54, 1.807) is 13.0 Å². The van der Waals surface area contributed by atoms with Gasteiger partial charge in [0.05, 0.1) is 0 Å². The molecule has 0 saturated heterocycles. The lowest BCUT2D eigenvalue weighted by atomic mass is 10.1. The first-order valence-corrected chi connectivity index (χ1v) is 8.08. The van der Waals surface area contributed by atoms with E-state index in [1.165, 1.54) is 12.1 Å². The summed E-state index contributed by atoms with van der Waals surface area (Å²) in [6.07, 6.45) is 0. The molecule has 0 spiro atoms. The average Bonchev–Trinajstić information content (AvgIpc) is 2.95. The summed E-state index contributed by atoms with van der Waals surface area (Å²) in [5.74, 6) is -1.94. The van der Waals surface area contributed by atoms with Crippen molar-refractivity contribution in [1.82, 2.24) is 0 Å². The van der Waals surface area contributed by atoms with Crippen LogP contribution >= 0.6 is 0 Å². The zero-order chi connectivity index (χ0) is 18.8. The second-order valence-corrected chi connectivity index (χ2v) is 6.12. The molecule has 0 aliphatic rings. The summed E-state index contributed by atoms with van der Waals surface area (Å²) in [4.78, 5) is 24.2. The maximum atomic E-state index is 13.8. The van der Waals surface area contributed by atoms with E-state index in [2.05, 4.69) is 5.32 Å². The van der Waals surface area contributed by atoms with E-state index >= 15 is 0 Å². The summed E-state index contributed by atoms with van der Waals surface area (Å²) in [6, 6.07) is 10.1. The standard InChI is InChI=1S/C20H18FNO4/c1-11-7-8-12(2)16(9-11)22-17(23)10-25-20(24)18-13(3)14-5-4-6-15(21)19(14)26-18/h4-9H,10H2,1-3H3,(H,22,23). The number of anilines is 1. The number of fused-ring (bicyclic) bond motifs is 1. The molecule has 134 valence electrons. The van der Waals surface area contributed by atoms with Gasteiger partial charge in [-0.1, -0.05) is 24.3 Å². The summed E-state index contributed by atoms with van der Waals surface area (Å²) >= 11 is 0. The van der Waals surface area contributed by atoms with Crippen LogP contribution in [-0.2, 0) is 9.53 Å². The molecule has 2 aromatic carbocycles. The van der Waals surface area contributed by atoms with Crippen molar-refractivity contribution in [1.29, 1.82) is 0 Å². The van der Waals surface area contributed by atoms with E-state index in [-0.39, 0.29) is 11.3 Å². The highest BCUT2D eigenvalue weighted by molar-refractivity contribution is 5.98. The fraction of sp³-hybridized carbons (Fsp3) is 0.200. The molecule has 0 aliphatic carbocycles. The van der Waals surface area contributed by atoms with Gasteiger partial charge in [-0.3, -0.25) is 4.79 Å². The first-order chi connectivity index (χ1) is 12.4. The number of para-hydroxylation sites is 1. The summed E-state index contributed by atoms with van der Waals surface area (Å²) in [7, 11) is 0. The van der Waals surface area contributed by atoms with Gasteiger partial charge in [0, 0.05) is 16.6 Å². The first kappa shape index (κ1) is 17.7. The normalized spacial score (nSPS) is 10.8. The lowest BCUT2D eigenvalue weighted by Gasteiger charge is -2.09. The van der Waals surface area contributed by atoms with Crippen LogP contribution in [0.15, 0.2) is 40.8 Å². The Morgan fingerprint density at radius 1 is 1.15 bits per heavy atom. The second-order valence-electron chi connectivity index (χ2n) is 6.12. The van der Waals surface area contributed by atoms with Crippen LogP contribution in [0.3, 0.4) is 0 Å². The van der Waals surface area contributed by atoms with Crippen molar-refractivity contribution in [2.75, 3.05) is 11.9 Å². The molecule has 0 saturated carbocycles. The van der Waals surface area contributed by atoms with Crippen LogP contribution in [0.5, 0.6) is 0 Å². The van der Waals surface area contributed by atoms with Crippen LogP contribution in [0.25, 0.3) is 11.0 Å². The van der Waals surface area contributed by atoms with Crippen LogP contribution in [0.2, 0.25) is 0 Å². The van der Waals surface area contributed by atoms with Crippen molar-refractivity contribution in [3.63, 3.8) is 0 Å². The lowest BCUT2D eigenvalue weighted by Crippen LogP contribution is -2.21. The number of carbonyl (C=O) groups is 2. The quantitative estimate of drug-likeness (QED) is 0.709. The number of carbonyl (C=O) groups excluding carboxylic acids is 2. The molecule has 1 amide bonds. The van der Waals surface area contributed by atoms with E-state index < -0.39 is 24.3 Å². The van der Waals surface area contributed by atoms with Gasteiger partial charge in [-0.05, 0) is 44.0 Å². The Morgan fingerprint density at radius 3 is 2.65 bits per heavy atom. The predicted octanol–water partition coefficient (Wildman–Crippen LogP) is 4.29. The molecule has 0 radical (unpaired) electrons. The molecule has 26 heavy (non-hydrogen) atoms. The third kappa shape index (κ3) is 3.44. The largest absolute Gasteiger partial charge is 0.450 e. The minimum Gasteiger partial charge on any atom is -0.450 e. The van der Waals surface area contributed by atoms with Gasteiger partial charge in [-0.25, -0.2) is 9.18 Å². The number of ether oxygens (including phenoxy) is 1. The Labute approximate surface area is 149 Å². The van der Waals surface area contributed by atoms with Crippen molar-refractivity contribution in [3.8, 4) is 0 Å². The van der Waals surface area contributed by atoms with Crippen LogP contribution in [0.4, 0.5) is 10.1 Å². The second kappa shape index (κ2) is 7.00. The van der Waals surface area contributed by atoms with Gasteiger partial charge in [0.1, 0.15) is 0 Å². The topological polar surface area (TPSA) is 68.5 Å². The van der Waals surface area contributed by atoms with Crippen molar-refractivity contribution in [2.45, 2.75) is 20.8 Å². The molecule has 1 heterocycles. The molecule has 0 atom stereocenters. The summed E-state index contributed by atoms with van der Waals surface area (Å²) in [5.41, 5.74) is 3.03. The third-order valence-electron chi connectivity index (χ3n) is 4.10. The molecular formula is C20H18FNO4. The van der Waals surface area contributed by atoms with Gasteiger partial charge in [0.15, 0.2) is 18.0 Å². The predicted molar refractivity (Wildman–Crippen MR) is 95.7 cm³/mol. The molecule has 6 heteroatoms. The molecule has 1 aromatic heterocycles. The van der Waals surface area contributed by atoms with Crippen molar-refractivity contribution >= 4 is 28.5 Å². The fourth-order valence-corrected chi connectivity index (χ4v) is 2.66. The molecule has 3 rings (SSSR count). The summed E-state index contributed by atoms with van der Waals surface area (Å²) in [5, 5.41) is 3.20. The molecule has 0 bridgehead atoms. The van der Waals surface area contributed by atoms with E-state index in [0.717, 1.165) is 11.1 Å². The monoisotopic (exact) mass is 355 g/mol. The molecular weight excluding hydrogens is 337 g/mol. The number of rotatable bonds is 4. The zero-order valence-corrected chi connectivity index (χ0v) is 14.7. The Kier molecular flexibility index (Phi) is 4.75. The van der Waals surface area contributed by atoms with Gasteiger partial charge in [0.2, 0.25) is 5.76 Å². The smallest absolute Gasteiger partial charge is 0.375 e. The van der Waals surface area contributed by atoms with E-state index in [9.17, 15) is 14.0 Å². The minimum absolute atomic E-state index is 0.00297. The summed E-state index contributed by atoms with van der Waals surface area (Å²) < 4.78 is 24.1. The highest BCUT2D eigenvalue weighted by atomic mass is 19.1. The number of hydrogen-bond acceptors (Lipinski definition) is 4. The number of furan rings is 1.